The van der Waals surface area contributed by atoms with E-state index in [1.54, 1.807) is 0 Å². The van der Waals surface area contributed by atoms with Crippen LogP contribution in [-0.2, 0) is 0 Å². The van der Waals surface area contributed by atoms with Crippen LogP contribution in [0.1, 0.15) is 52.4 Å². The van der Waals surface area contributed by atoms with Crippen LogP contribution in [0, 0.1) is 5.92 Å². The third-order valence-corrected chi connectivity index (χ3v) is 4.05. The minimum absolute atomic E-state index is 0.904. The molecule has 1 heteroatoms. The molecule has 1 atom stereocenters. The van der Waals surface area contributed by atoms with Gasteiger partial charge in [-0.3, -0.25) is 0 Å². The minimum Gasteiger partial charge on any atom is -0.159 e. The molecule has 72 valence electrons. The van der Waals surface area contributed by atoms with Crippen molar-refractivity contribution in [1.29, 1.82) is 0 Å². The lowest BCUT2D eigenvalue weighted by atomic mass is 10.0. The molecular formula is C11H22S. The highest BCUT2D eigenvalue weighted by molar-refractivity contribution is 8.00. The van der Waals surface area contributed by atoms with Crippen molar-refractivity contribution < 1.29 is 0 Å². The summed E-state index contributed by atoms with van der Waals surface area (Å²) in [7, 11) is 0. The van der Waals surface area contributed by atoms with Crippen LogP contribution < -0.4 is 0 Å². The van der Waals surface area contributed by atoms with Gasteiger partial charge < -0.3 is 0 Å². The molecule has 0 aromatic heterocycles. The van der Waals surface area contributed by atoms with E-state index in [1.165, 1.54) is 44.3 Å². The lowest BCUT2D eigenvalue weighted by Gasteiger charge is -2.08. The molecule has 1 fully saturated rings. The number of thioether (sulfide) groups is 1. The number of hydrogen-bond donors (Lipinski definition) is 0. The van der Waals surface area contributed by atoms with Gasteiger partial charge in [0.2, 0.25) is 0 Å². The molecular weight excluding hydrogens is 164 g/mol. The molecule has 1 heterocycles. The maximum Gasteiger partial charge on any atom is 0.00473 e. The zero-order valence-electron chi connectivity index (χ0n) is 8.51. The standard InChI is InChI=1S/C11H22S/c1-10(2)6-3-4-7-11-8-5-9-12-11/h10-11H,3-9H2,1-2H3/t11-/m1/s1. The summed E-state index contributed by atoms with van der Waals surface area (Å²) in [5.74, 6) is 2.33. The van der Waals surface area contributed by atoms with Gasteiger partial charge in [0.05, 0.1) is 0 Å². The number of rotatable bonds is 5. The van der Waals surface area contributed by atoms with Crippen LogP contribution >= 0.6 is 11.8 Å². The highest BCUT2D eigenvalue weighted by atomic mass is 32.2. The van der Waals surface area contributed by atoms with Crippen molar-refractivity contribution in [2.75, 3.05) is 5.75 Å². The first-order chi connectivity index (χ1) is 5.79. The van der Waals surface area contributed by atoms with Gasteiger partial charge in [0.1, 0.15) is 0 Å². The van der Waals surface area contributed by atoms with Crippen LogP contribution in [0.3, 0.4) is 0 Å². The van der Waals surface area contributed by atoms with Crippen molar-refractivity contribution in [3.8, 4) is 0 Å². The fourth-order valence-corrected chi connectivity index (χ4v) is 3.13. The molecule has 1 rings (SSSR count). The van der Waals surface area contributed by atoms with Crippen LogP contribution in [0.2, 0.25) is 0 Å². The predicted octanol–water partition coefficient (Wildman–Crippen LogP) is 4.10. The van der Waals surface area contributed by atoms with E-state index in [4.69, 9.17) is 0 Å². The Morgan fingerprint density at radius 3 is 2.75 bits per heavy atom. The molecule has 0 amide bonds. The highest BCUT2D eigenvalue weighted by Gasteiger charge is 2.14. The van der Waals surface area contributed by atoms with E-state index in [0.29, 0.717) is 0 Å². The van der Waals surface area contributed by atoms with Crippen molar-refractivity contribution in [3.63, 3.8) is 0 Å². The van der Waals surface area contributed by atoms with Crippen LogP contribution in [0.25, 0.3) is 0 Å². The molecule has 1 aliphatic rings. The van der Waals surface area contributed by atoms with Gasteiger partial charge in [-0.1, -0.05) is 33.1 Å². The molecule has 1 aliphatic heterocycles. The number of hydrogen-bond acceptors (Lipinski definition) is 1. The third kappa shape index (κ3) is 4.39. The Kier molecular flexibility index (Phi) is 5.13. The SMILES string of the molecule is CC(C)CCCC[C@@H]1CCCS1. The Bertz CT molecular complexity index is 104. The van der Waals surface area contributed by atoms with E-state index < -0.39 is 0 Å². The van der Waals surface area contributed by atoms with E-state index >= 15 is 0 Å². The first-order valence-corrected chi connectivity index (χ1v) is 6.45. The molecule has 0 saturated carbocycles. The normalized spacial score (nSPS) is 23.8. The molecule has 0 aliphatic carbocycles. The lowest BCUT2D eigenvalue weighted by Crippen LogP contribution is -1.96. The van der Waals surface area contributed by atoms with Gasteiger partial charge in [0.15, 0.2) is 0 Å². The van der Waals surface area contributed by atoms with Gasteiger partial charge in [-0.05, 0) is 30.9 Å². The summed E-state index contributed by atoms with van der Waals surface area (Å²) in [4.78, 5) is 0. The van der Waals surface area contributed by atoms with E-state index in [2.05, 4.69) is 25.6 Å². The molecule has 0 aromatic carbocycles. The van der Waals surface area contributed by atoms with Crippen molar-refractivity contribution in [2.24, 2.45) is 5.92 Å². The largest absolute Gasteiger partial charge is 0.159 e. The lowest BCUT2D eigenvalue weighted by molar-refractivity contribution is 0.521. The van der Waals surface area contributed by atoms with Crippen molar-refractivity contribution in [1.82, 2.24) is 0 Å². The molecule has 12 heavy (non-hydrogen) atoms. The summed E-state index contributed by atoms with van der Waals surface area (Å²) in [6, 6.07) is 0. The first kappa shape index (κ1) is 10.4. The van der Waals surface area contributed by atoms with Gasteiger partial charge in [0.25, 0.3) is 0 Å². The quantitative estimate of drug-likeness (QED) is 0.583. The molecule has 0 nitrogen and oxygen atoms in total. The van der Waals surface area contributed by atoms with E-state index in [-0.39, 0.29) is 0 Å². The summed E-state index contributed by atoms with van der Waals surface area (Å²) in [5, 5.41) is 1.03. The van der Waals surface area contributed by atoms with Crippen molar-refractivity contribution in [3.05, 3.63) is 0 Å². The average Bonchev–Trinajstić information content (AvgIpc) is 2.49. The highest BCUT2D eigenvalue weighted by Crippen LogP contribution is 2.30. The molecule has 1 saturated heterocycles. The van der Waals surface area contributed by atoms with Gasteiger partial charge in [-0.2, -0.15) is 11.8 Å². The Morgan fingerprint density at radius 1 is 1.33 bits per heavy atom. The molecule has 0 N–H and O–H groups in total. The smallest absolute Gasteiger partial charge is 0.00473 e. The average molecular weight is 186 g/mol. The minimum atomic E-state index is 0.904. The maximum absolute atomic E-state index is 2.32. The summed E-state index contributed by atoms with van der Waals surface area (Å²) < 4.78 is 0. The maximum atomic E-state index is 2.32. The van der Waals surface area contributed by atoms with Gasteiger partial charge in [0, 0.05) is 5.25 Å². The molecule has 0 spiro atoms. The summed E-state index contributed by atoms with van der Waals surface area (Å²) in [5.41, 5.74) is 0. The second-order valence-corrected chi connectivity index (χ2v) is 5.72. The van der Waals surface area contributed by atoms with Crippen molar-refractivity contribution >= 4 is 11.8 Å². The van der Waals surface area contributed by atoms with Gasteiger partial charge >= 0.3 is 0 Å². The Balaban J connectivity index is 1.88. The second kappa shape index (κ2) is 5.90. The number of unbranched alkanes of at least 4 members (excludes halogenated alkanes) is 1. The summed E-state index contributed by atoms with van der Waals surface area (Å²) in [6.45, 7) is 4.65. The van der Waals surface area contributed by atoms with E-state index in [9.17, 15) is 0 Å². The zero-order valence-corrected chi connectivity index (χ0v) is 9.33. The fraction of sp³-hybridized carbons (Fsp3) is 1.00. The predicted molar refractivity (Wildman–Crippen MR) is 58.8 cm³/mol. The van der Waals surface area contributed by atoms with E-state index in [0.717, 1.165) is 11.2 Å². The van der Waals surface area contributed by atoms with E-state index in [1.807, 2.05) is 0 Å². The van der Waals surface area contributed by atoms with Crippen LogP contribution in [-0.4, -0.2) is 11.0 Å². The van der Waals surface area contributed by atoms with Gasteiger partial charge in [-0.15, -0.1) is 0 Å². The monoisotopic (exact) mass is 186 g/mol. The molecule has 0 unspecified atom stereocenters. The first-order valence-electron chi connectivity index (χ1n) is 5.40. The molecule has 0 radical (unpaired) electrons. The van der Waals surface area contributed by atoms with Gasteiger partial charge in [-0.25, -0.2) is 0 Å². The van der Waals surface area contributed by atoms with Crippen LogP contribution in [0.4, 0.5) is 0 Å². The second-order valence-electron chi connectivity index (χ2n) is 4.31. The van der Waals surface area contributed by atoms with Crippen LogP contribution in [0.5, 0.6) is 0 Å². The molecule has 0 aromatic rings. The summed E-state index contributed by atoms with van der Waals surface area (Å²) >= 11 is 2.20. The summed E-state index contributed by atoms with van der Waals surface area (Å²) in [6.07, 6.45) is 8.80. The molecule has 0 bridgehead atoms. The third-order valence-electron chi connectivity index (χ3n) is 2.58. The Morgan fingerprint density at radius 2 is 2.17 bits per heavy atom. The van der Waals surface area contributed by atoms with Crippen LogP contribution in [0.15, 0.2) is 0 Å². The van der Waals surface area contributed by atoms with Crippen molar-refractivity contribution in [2.45, 2.75) is 57.6 Å². The Labute approximate surface area is 81.5 Å². The topological polar surface area (TPSA) is 0 Å². The zero-order chi connectivity index (χ0) is 8.81. The Hall–Kier alpha value is 0.350. The fourth-order valence-electron chi connectivity index (χ4n) is 1.80.